The van der Waals surface area contributed by atoms with Crippen LogP contribution in [0.2, 0.25) is 0 Å². The molecule has 216 valence electrons. The van der Waals surface area contributed by atoms with Crippen LogP contribution in [0.15, 0.2) is 97.4 Å². The zero-order valence-corrected chi connectivity index (χ0v) is 22.8. The van der Waals surface area contributed by atoms with Crippen molar-refractivity contribution in [2.75, 3.05) is 0 Å². The molecule has 0 N–H and O–H groups in total. The van der Waals surface area contributed by atoms with Crippen molar-refractivity contribution >= 4 is 23.9 Å². The van der Waals surface area contributed by atoms with Gasteiger partial charge in [0.2, 0.25) is 5.83 Å². The van der Waals surface area contributed by atoms with Gasteiger partial charge >= 0.3 is 23.9 Å². The minimum absolute atomic E-state index is 0.0165. The predicted octanol–water partition coefficient (Wildman–Crippen LogP) is 6.69. The maximum atomic E-state index is 12.8. The van der Waals surface area contributed by atoms with Crippen LogP contribution in [0.25, 0.3) is 11.1 Å². The second kappa shape index (κ2) is 14.0. The van der Waals surface area contributed by atoms with Gasteiger partial charge in [0.05, 0.1) is 12.0 Å². The molecule has 0 unspecified atom stereocenters. The summed E-state index contributed by atoms with van der Waals surface area (Å²) in [5, 5.41) is 0. The number of carbonyl (C=O) groups is 4. The molecule has 0 aromatic heterocycles. The molecule has 3 aromatic carbocycles. The Morgan fingerprint density at radius 1 is 0.667 bits per heavy atom. The van der Waals surface area contributed by atoms with Crippen molar-refractivity contribution in [2.24, 2.45) is 0 Å². The molecule has 1 fully saturated rings. The maximum Gasteiger partial charge on any atom is 0.371 e. The summed E-state index contributed by atoms with van der Waals surface area (Å²) in [7, 11) is 0. The third-order valence-electron chi connectivity index (χ3n) is 6.48. The topological polar surface area (TPSA) is 105 Å². The van der Waals surface area contributed by atoms with E-state index in [9.17, 15) is 23.6 Å². The molecule has 8 nitrogen and oxygen atoms in total. The fourth-order valence-electron chi connectivity index (χ4n) is 4.25. The van der Waals surface area contributed by atoms with Crippen LogP contribution in [0.3, 0.4) is 0 Å². The Morgan fingerprint density at radius 3 is 1.69 bits per heavy atom. The fourth-order valence-corrected chi connectivity index (χ4v) is 4.25. The zero-order valence-electron chi connectivity index (χ0n) is 22.8. The highest BCUT2D eigenvalue weighted by molar-refractivity contribution is 5.94. The van der Waals surface area contributed by atoms with Gasteiger partial charge in [0, 0.05) is 5.57 Å². The number of hydrogen-bond donors (Lipinski definition) is 0. The van der Waals surface area contributed by atoms with E-state index in [4.69, 9.17) is 18.9 Å². The lowest BCUT2D eigenvalue weighted by molar-refractivity contribution is -0.150. The van der Waals surface area contributed by atoms with Crippen LogP contribution in [-0.2, 0) is 19.1 Å². The number of halogens is 1. The second-order valence-electron chi connectivity index (χ2n) is 9.68. The van der Waals surface area contributed by atoms with E-state index in [1.165, 1.54) is 36.4 Å². The van der Waals surface area contributed by atoms with Gasteiger partial charge in [-0.1, -0.05) is 43.8 Å². The summed E-state index contributed by atoms with van der Waals surface area (Å²) in [6, 6.07) is 18.9. The zero-order chi connectivity index (χ0) is 30.1. The summed E-state index contributed by atoms with van der Waals surface area (Å²) < 4.78 is 33.7. The molecule has 4 rings (SSSR count). The van der Waals surface area contributed by atoms with Crippen molar-refractivity contribution < 1.29 is 42.5 Å². The molecule has 0 saturated heterocycles. The highest BCUT2D eigenvalue weighted by Crippen LogP contribution is 2.25. The molecular formula is C33H29FO8. The van der Waals surface area contributed by atoms with Crippen molar-refractivity contribution in [1.29, 1.82) is 0 Å². The van der Waals surface area contributed by atoms with Gasteiger partial charge in [0.25, 0.3) is 0 Å². The number of benzene rings is 3. The van der Waals surface area contributed by atoms with E-state index in [2.05, 4.69) is 13.2 Å². The molecule has 0 atom stereocenters. The van der Waals surface area contributed by atoms with Crippen molar-refractivity contribution in [1.82, 2.24) is 0 Å². The molecular weight excluding hydrogens is 543 g/mol. The highest BCUT2D eigenvalue weighted by atomic mass is 19.1. The van der Waals surface area contributed by atoms with E-state index >= 15 is 0 Å². The first-order valence-corrected chi connectivity index (χ1v) is 13.4. The van der Waals surface area contributed by atoms with Gasteiger partial charge in [-0.25, -0.2) is 14.4 Å². The van der Waals surface area contributed by atoms with E-state index in [1.54, 1.807) is 36.4 Å². The van der Waals surface area contributed by atoms with Crippen molar-refractivity contribution in [3.8, 4) is 28.4 Å². The number of esters is 4. The summed E-state index contributed by atoms with van der Waals surface area (Å²) >= 11 is 0. The Hall–Kier alpha value is -5.05. The average molecular weight is 573 g/mol. The van der Waals surface area contributed by atoms with Crippen LogP contribution in [0, 0.1) is 0 Å². The number of carbonyl (C=O) groups excluding carboxylic acids is 4. The van der Waals surface area contributed by atoms with E-state index in [-0.39, 0.29) is 35.3 Å². The van der Waals surface area contributed by atoms with Crippen LogP contribution in [-0.4, -0.2) is 30.0 Å². The number of hydrogen-bond acceptors (Lipinski definition) is 8. The largest absolute Gasteiger partial charge is 0.462 e. The van der Waals surface area contributed by atoms with Crippen LogP contribution in [0.4, 0.5) is 4.39 Å². The molecule has 0 bridgehead atoms. The third-order valence-corrected chi connectivity index (χ3v) is 6.48. The average Bonchev–Trinajstić information content (AvgIpc) is 2.99. The standard InChI is InChI=1S/C33H29FO8/c1-21(20-30(35)39-26-6-4-3-5-7-26)31(36)40-28-16-18-29(19-17-28)42-33(38)25-10-8-23(9-11-25)24-12-14-27(15-13-24)41-32(37)22(2)34/h8-19,26H,1-7,20H2. The Morgan fingerprint density at radius 2 is 1.14 bits per heavy atom. The van der Waals surface area contributed by atoms with Gasteiger partial charge in [-0.2, -0.15) is 4.39 Å². The lowest BCUT2D eigenvalue weighted by Crippen LogP contribution is -2.22. The molecule has 0 amide bonds. The van der Waals surface area contributed by atoms with Gasteiger partial charge in [0.15, 0.2) is 0 Å². The van der Waals surface area contributed by atoms with Crippen molar-refractivity contribution in [3.63, 3.8) is 0 Å². The smallest absolute Gasteiger partial charge is 0.371 e. The SMILES string of the molecule is C=C(F)C(=O)Oc1ccc(-c2ccc(C(=O)Oc3ccc(OC(=O)C(=C)CC(=O)OC4CCCCC4)cc3)cc2)cc1. The first-order chi connectivity index (χ1) is 20.2. The number of ether oxygens (including phenoxy) is 4. The Labute approximate surface area is 242 Å². The molecule has 9 heteroatoms. The van der Waals surface area contributed by atoms with Gasteiger partial charge in [-0.3, -0.25) is 4.79 Å². The molecule has 0 spiro atoms. The van der Waals surface area contributed by atoms with Gasteiger partial charge in [0.1, 0.15) is 23.4 Å². The third kappa shape index (κ3) is 8.47. The minimum atomic E-state index is -1.19. The quantitative estimate of drug-likeness (QED) is 0.150. The van der Waals surface area contributed by atoms with Crippen molar-refractivity contribution in [2.45, 2.75) is 44.6 Å². The lowest BCUT2D eigenvalue weighted by atomic mass is 9.98. The maximum absolute atomic E-state index is 12.8. The molecule has 1 saturated carbocycles. The molecule has 1 aliphatic rings. The molecule has 0 radical (unpaired) electrons. The molecule has 0 aliphatic heterocycles. The summed E-state index contributed by atoms with van der Waals surface area (Å²) in [4.78, 5) is 48.4. The summed E-state index contributed by atoms with van der Waals surface area (Å²) in [6.07, 6.45) is 4.51. The van der Waals surface area contributed by atoms with Gasteiger partial charge in [-0.05, 0) is 85.3 Å². The van der Waals surface area contributed by atoms with Gasteiger partial charge < -0.3 is 18.9 Å². The monoisotopic (exact) mass is 572 g/mol. The minimum Gasteiger partial charge on any atom is -0.462 e. The van der Waals surface area contributed by atoms with Crippen LogP contribution in [0.5, 0.6) is 17.2 Å². The Bertz CT molecular complexity index is 1470. The highest BCUT2D eigenvalue weighted by Gasteiger charge is 2.21. The van der Waals surface area contributed by atoms with E-state index < -0.39 is 29.7 Å². The second-order valence-corrected chi connectivity index (χ2v) is 9.68. The van der Waals surface area contributed by atoms with Gasteiger partial charge in [-0.15, -0.1) is 0 Å². The van der Waals surface area contributed by atoms with Crippen LogP contribution < -0.4 is 14.2 Å². The summed E-state index contributed by atoms with van der Waals surface area (Å²) in [5.41, 5.74) is 1.85. The van der Waals surface area contributed by atoms with Crippen LogP contribution >= 0.6 is 0 Å². The number of rotatable bonds is 10. The molecule has 0 heterocycles. The first-order valence-electron chi connectivity index (χ1n) is 13.4. The predicted molar refractivity (Wildman–Crippen MR) is 152 cm³/mol. The van der Waals surface area contributed by atoms with Crippen molar-refractivity contribution in [3.05, 3.63) is 103 Å². The first kappa shape index (κ1) is 29.9. The van der Waals surface area contributed by atoms with E-state index in [1.807, 2.05) is 0 Å². The molecule has 3 aromatic rings. The molecule has 1 aliphatic carbocycles. The summed E-state index contributed by atoms with van der Waals surface area (Å²) in [5.74, 6) is -3.58. The lowest BCUT2D eigenvalue weighted by Gasteiger charge is -2.21. The Balaban J connectivity index is 1.26. The van der Waals surface area contributed by atoms with E-state index in [0.717, 1.165) is 43.2 Å². The van der Waals surface area contributed by atoms with E-state index in [0.29, 0.717) is 5.56 Å². The van der Waals surface area contributed by atoms with Crippen LogP contribution in [0.1, 0.15) is 48.9 Å². The Kier molecular flexibility index (Phi) is 9.99. The molecule has 42 heavy (non-hydrogen) atoms. The fraction of sp³-hybridized carbons (Fsp3) is 0.212. The normalized spacial score (nSPS) is 13.0. The summed E-state index contributed by atoms with van der Waals surface area (Å²) in [6.45, 7) is 6.54.